The van der Waals surface area contributed by atoms with E-state index in [1.54, 1.807) is 7.11 Å². The molecule has 2 aliphatic rings. The summed E-state index contributed by atoms with van der Waals surface area (Å²) in [5.74, 6) is 0.133. The van der Waals surface area contributed by atoms with Crippen LogP contribution in [0, 0.1) is 5.92 Å². The molecule has 1 heterocycles. The number of imide groups is 2. The molecule has 1 aromatic carbocycles. The Morgan fingerprint density at radius 3 is 2.50 bits per heavy atom. The van der Waals surface area contributed by atoms with Crippen molar-refractivity contribution in [3.05, 3.63) is 23.8 Å². The van der Waals surface area contributed by atoms with Crippen LogP contribution in [0.15, 0.2) is 18.2 Å². The number of carbonyl (C=O) groups excluding carboxylic acids is 3. The van der Waals surface area contributed by atoms with Gasteiger partial charge in [-0.05, 0) is 43.9 Å². The van der Waals surface area contributed by atoms with Gasteiger partial charge in [-0.15, -0.1) is 0 Å². The SMILES string of the molecule is CCOc1ccc(C[NH+](C)CN2C(=O)C(=O)N([C@H]3CCCC[C@@H]3C)C2=O)cc1OC. The van der Waals surface area contributed by atoms with E-state index in [1.165, 1.54) is 4.90 Å². The van der Waals surface area contributed by atoms with Gasteiger partial charge in [-0.25, -0.2) is 9.69 Å². The van der Waals surface area contributed by atoms with Crippen molar-refractivity contribution >= 4 is 17.8 Å². The zero-order valence-corrected chi connectivity index (χ0v) is 18.3. The van der Waals surface area contributed by atoms with Gasteiger partial charge < -0.3 is 14.4 Å². The van der Waals surface area contributed by atoms with Crippen LogP contribution in [0.1, 0.15) is 45.1 Å². The summed E-state index contributed by atoms with van der Waals surface area (Å²) >= 11 is 0. The predicted octanol–water partition coefficient (Wildman–Crippen LogP) is 1.44. The van der Waals surface area contributed by atoms with Gasteiger partial charge in [0.1, 0.15) is 6.54 Å². The number of amides is 4. The summed E-state index contributed by atoms with van der Waals surface area (Å²) in [5.41, 5.74) is 0.982. The molecule has 1 unspecified atom stereocenters. The van der Waals surface area contributed by atoms with Gasteiger partial charge in [0.05, 0.1) is 20.8 Å². The number of quaternary nitrogens is 1. The fourth-order valence-corrected chi connectivity index (χ4v) is 4.41. The van der Waals surface area contributed by atoms with E-state index >= 15 is 0 Å². The standard InChI is InChI=1S/C22H31N3O5/c1-5-30-18-11-10-16(12-19(18)29-4)13-23(3)14-24-20(26)21(27)25(22(24)28)17-9-7-6-8-15(17)2/h10-12,15,17H,5-9,13-14H2,1-4H3/p+1/t15-,17-/m0/s1. The molecule has 3 rings (SSSR count). The summed E-state index contributed by atoms with van der Waals surface area (Å²) in [6.45, 7) is 5.21. The molecule has 4 amide bonds. The average Bonchev–Trinajstić information content (AvgIpc) is 2.93. The van der Waals surface area contributed by atoms with Gasteiger partial charge in [-0.3, -0.25) is 14.5 Å². The van der Waals surface area contributed by atoms with E-state index in [2.05, 4.69) is 0 Å². The van der Waals surface area contributed by atoms with Crippen LogP contribution in [0.3, 0.4) is 0 Å². The van der Waals surface area contributed by atoms with Crippen LogP contribution in [-0.4, -0.2) is 61.1 Å². The second kappa shape index (κ2) is 9.47. The molecule has 1 N–H and O–H groups in total. The van der Waals surface area contributed by atoms with Crippen LogP contribution in [0.25, 0.3) is 0 Å². The predicted molar refractivity (Wildman–Crippen MR) is 110 cm³/mol. The Morgan fingerprint density at radius 2 is 1.83 bits per heavy atom. The number of benzene rings is 1. The van der Waals surface area contributed by atoms with Crippen molar-refractivity contribution in [2.24, 2.45) is 5.92 Å². The van der Waals surface area contributed by atoms with Gasteiger partial charge in [0.25, 0.3) is 0 Å². The second-order valence-corrected chi connectivity index (χ2v) is 8.23. The number of ether oxygens (including phenoxy) is 2. The first-order valence-corrected chi connectivity index (χ1v) is 10.7. The highest BCUT2D eigenvalue weighted by Crippen LogP contribution is 2.31. The zero-order valence-electron chi connectivity index (χ0n) is 18.3. The minimum Gasteiger partial charge on any atom is -0.493 e. The summed E-state index contributed by atoms with van der Waals surface area (Å²) in [6.07, 6.45) is 3.82. The third-order valence-electron chi connectivity index (χ3n) is 5.94. The van der Waals surface area contributed by atoms with Crippen LogP contribution in [-0.2, 0) is 16.1 Å². The lowest BCUT2D eigenvalue weighted by molar-refractivity contribution is -0.901. The molecule has 1 aromatic rings. The van der Waals surface area contributed by atoms with Crippen molar-refractivity contribution in [2.45, 2.75) is 52.1 Å². The Balaban J connectivity index is 1.67. The molecule has 1 saturated heterocycles. The highest BCUT2D eigenvalue weighted by atomic mass is 16.5. The minimum atomic E-state index is -0.721. The molecule has 0 radical (unpaired) electrons. The van der Waals surface area contributed by atoms with Crippen molar-refractivity contribution in [3.8, 4) is 11.5 Å². The minimum absolute atomic E-state index is 0.135. The normalized spacial score (nSPS) is 23.1. The van der Waals surface area contributed by atoms with E-state index < -0.39 is 17.8 Å². The monoisotopic (exact) mass is 418 g/mol. The van der Waals surface area contributed by atoms with E-state index in [-0.39, 0.29) is 18.6 Å². The van der Waals surface area contributed by atoms with Gasteiger partial charge in [0.15, 0.2) is 18.2 Å². The molecule has 3 atom stereocenters. The summed E-state index contributed by atoms with van der Waals surface area (Å²) in [7, 11) is 3.48. The lowest BCUT2D eigenvalue weighted by Crippen LogP contribution is -3.09. The lowest BCUT2D eigenvalue weighted by Gasteiger charge is -2.34. The molecule has 0 bridgehead atoms. The Bertz CT molecular complexity index is 812. The van der Waals surface area contributed by atoms with Gasteiger partial charge in [-0.2, -0.15) is 0 Å². The maximum absolute atomic E-state index is 12.9. The zero-order chi connectivity index (χ0) is 21.8. The first-order valence-electron chi connectivity index (χ1n) is 10.7. The number of hydrogen-bond acceptors (Lipinski definition) is 5. The Morgan fingerprint density at radius 1 is 1.10 bits per heavy atom. The molecule has 0 aromatic heterocycles. The van der Waals surface area contributed by atoms with Gasteiger partial charge >= 0.3 is 17.8 Å². The molecule has 8 nitrogen and oxygen atoms in total. The van der Waals surface area contributed by atoms with Crippen LogP contribution in [0.5, 0.6) is 11.5 Å². The first-order chi connectivity index (χ1) is 14.4. The first kappa shape index (κ1) is 22.1. The van der Waals surface area contributed by atoms with Crippen LogP contribution < -0.4 is 14.4 Å². The quantitative estimate of drug-likeness (QED) is 0.510. The summed E-state index contributed by atoms with van der Waals surface area (Å²) in [6, 6.07) is 5.03. The second-order valence-electron chi connectivity index (χ2n) is 8.23. The number of rotatable bonds is 8. The fourth-order valence-electron chi connectivity index (χ4n) is 4.41. The largest absolute Gasteiger partial charge is 0.493 e. The molecule has 1 aliphatic carbocycles. The number of nitrogens with zero attached hydrogens (tertiary/aromatic N) is 2. The number of urea groups is 1. The van der Waals surface area contributed by atoms with E-state index in [1.807, 2.05) is 39.1 Å². The molecule has 0 spiro atoms. The summed E-state index contributed by atoms with van der Waals surface area (Å²) in [5, 5.41) is 0. The third kappa shape index (κ3) is 4.43. The molecular weight excluding hydrogens is 386 g/mol. The fraction of sp³-hybridized carbons (Fsp3) is 0.591. The molecule has 30 heavy (non-hydrogen) atoms. The van der Waals surface area contributed by atoms with Crippen molar-refractivity contribution in [1.82, 2.24) is 9.80 Å². The Labute approximate surface area is 177 Å². The number of carbonyl (C=O) groups is 3. The Kier molecular flexibility index (Phi) is 6.97. The van der Waals surface area contributed by atoms with Crippen LogP contribution >= 0.6 is 0 Å². The van der Waals surface area contributed by atoms with E-state index in [4.69, 9.17) is 9.47 Å². The summed E-state index contributed by atoms with van der Waals surface area (Å²) in [4.78, 5) is 41.3. The lowest BCUT2D eigenvalue weighted by atomic mass is 9.85. The highest BCUT2D eigenvalue weighted by Gasteiger charge is 2.50. The molecular formula is C22H32N3O5+. The smallest absolute Gasteiger partial charge is 0.338 e. The Hall–Kier alpha value is -2.61. The topological polar surface area (TPSA) is 80.6 Å². The number of nitrogens with one attached hydrogen (secondary N) is 1. The van der Waals surface area contributed by atoms with Gasteiger partial charge in [-0.1, -0.05) is 19.8 Å². The average molecular weight is 419 g/mol. The highest BCUT2D eigenvalue weighted by molar-refractivity contribution is 6.44. The third-order valence-corrected chi connectivity index (χ3v) is 5.94. The number of methoxy groups -OCH3 is 1. The molecule has 164 valence electrons. The van der Waals surface area contributed by atoms with Crippen molar-refractivity contribution in [3.63, 3.8) is 0 Å². The number of hydrogen-bond donors (Lipinski definition) is 1. The molecule has 1 saturated carbocycles. The van der Waals surface area contributed by atoms with E-state index in [9.17, 15) is 14.4 Å². The molecule has 2 fully saturated rings. The van der Waals surface area contributed by atoms with E-state index in [0.29, 0.717) is 24.7 Å². The van der Waals surface area contributed by atoms with Crippen molar-refractivity contribution < 1.29 is 28.8 Å². The van der Waals surface area contributed by atoms with Crippen molar-refractivity contribution in [2.75, 3.05) is 27.4 Å². The summed E-state index contributed by atoms with van der Waals surface area (Å²) < 4.78 is 10.9. The van der Waals surface area contributed by atoms with Crippen LogP contribution in [0.2, 0.25) is 0 Å². The maximum atomic E-state index is 12.9. The van der Waals surface area contributed by atoms with E-state index in [0.717, 1.165) is 41.0 Å². The van der Waals surface area contributed by atoms with Gasteiger partial charge in [0.2, 0.25) is 0 Å². The van der Waals surface area contributed by atoms with Crippen LogP contribution in [0.4, 0.5) is 4.79 Å². The van der Waals surface area contributed by atoms with Gasteiger partial charge in [0, 0.05) is 11.6 Å². The molecule has 1 aliphatic heterocycles. The van der Waals surface area contributed by atoms with Crippen molar-refractivity contribution in [1.29, 1.82) is 0 Å². The maximum Gasteiger partial charge on any atom is 0.338 e. The molecule has 8 heteroatoms.